The maximum atomic E-state index is 12.3. The number of carbonyl (C=O) groups is 1. The fraction of sp³-hybridized carbons (Fsp3) is 0.611. The molecule has 1 N–H and O–H groups in total. The molecule has 1 saturated heterocycles. The Morgan fingerprint density at radius 1 is 1.40 bits per heavy atom. The summed E-state index contributed by atoms with van der Waals surface area (Å²) in [6.07, 6.45) is 5.08. The van der Waals surface area contributed by atoms with Crippen molar-refractivity contribution in [1.29, 1.82) is 0 Å². The maximum absolute atomic E-state index is 12.3. The minimum atomic E-state index is -0.0404. The number of likely N-dealkylation sites (tertiary alicyclic amines) is 1. The molecule has 0 spiro atoms. The second-order valence-corrected chi connectivity index (χ2v) is 7.17. The number of hydrogen-bond acceptors (Lipinski definition) is 5. The zero-order chi connectivity index (χ0) is 17.8. The monoisotopic (exact) mass is 345 g/mol. The lowest BCUT2D eigenvalue weighted by Gasteiger charge is -2.32. The van der Waals surface area contributed by atoms with Gasteiger partial charge in [-0.1, -0.05) is 13.8 Å². The summed E-state index contributed by atoms with van der Waals surface area (Å²) in [5.74, 6) is 2.19. The highest BCUT2D eigenvalue weighted by atomic mass is 16.3. The fourth-order valence-corrected chi connectivity index (χ4v) is 3.23. The number of piperidine rings is 1. The van der Waals surface area contributed by atoms with Crippen molar-refractivity contribution >= 4 is 5.91 Å². The summed E-state index contributed by atoms with van der Waals surface area (Å²) < 4.78 is 7.21. The molecule has 3 rings (SSSR count). The van der Waals surface area contributed by atoms with Gasteiger partial charge < -0.3 is 9.73 Å². The minimum Gasteiger partial charge on any atom is -0.469 e. The molecule has 136 valence electrons. The van der Waals surface area contributed by atoms with E-state index in [-0.39, 0.29) is 11.9 Å². The van der Waals surface area contributed by atoms with E-state index in [9.17, 15) is 4.79 Å². The number of aryl methyl sites for hydroxylation is 1. The van der Waals surface area contributed by atoms with Crippen LogP contribution < -0.4 is 5.32 Å². The molecule has 1 fully saturated rings. The standard InChI is InChI=1S/C18H27N5O2/c1-13(2)10-23-17(19-12-20-23)11-22-7-4-15(5-8-22)21-18(24)16-6-9-25-14(16)3/h6,9,12-13,15H,4-5,7-8,10-11H2,1-3H3,(H,21,24). The highest BCUT2D eigenvalue weighted by molar-refractivity contribution is 5.95. The molecule has 25 heavy (non-hydrogen) atoms. The number of carbonyl (C=O) groups excluding carboxylic acids is 1. The molecule has 0 aliphatic carbocycles. The van der Waals surface area contributed by atoms with Crippen LogP contribution in [0.5, 0.6) is 0 Å². The Bertz CT molecular complexity index is 698. The number of nitrogens with one attached hydrogen (secondary N) is 1. The lowest BCUT2D eigenvalue weighted by Crippen LogP contribution is -2.44. The third-order valence-corrected chi connectivity index (χ3v) is 4.63. The van der Waals surface area contributed by atoms with Crippen LogP contribution in [0, 0.1) is 12.8 Å². The summed E-state index contributed by atoms with van der Waals surface area (Å²) in [4.78, 5) is 19.1. The van der Waals surface area contributed by atoms with Gasteiger partial charge in [-0.05, 0) is 31.7 Å². The van der Waals surface area contributed by atoms with Gasteiger partial charge in [-0.2, -0.15) is 5.10 Å². The van der Waals surface area contributed by atoms with Gasteiger partial charge in [0.2, 0.25) is 0 Å². The van der Waals surface area contributed by atoms with Crippen molar-refractivity contribution in [3.8, 4) is 0 Å². The second kappa shape index (κ2) is 7.82. The molecule has 2 aromatic rings. The van der Waals surface area contributed by atoms with Crippen molar-refractivity contribution in [1.82, 2.24) is 25.0 Å². The molecule has 0 unspecified atom stereocenters. The van der Waals surface area contributed by atoms with E-state index in [1.54, 1.807) is 18.7 Å². The first-order valence-electron chi connectivity index (χ1n) is 8.97. The highest BCUT2D eigenvalue weighted by Gasteiger charge is 2.23. The quantitative estimate of drug-likeness (QED) is 0.869. The molecule has 0 atom stereocenters. The lowest BCUT2D eigenvalue weighted by molar-refractivity contribution is 0.0906. The van der Waals surface area contributed by atoms with Gasteiger partial charge in [0.25, 0.3) is 5.91 Å². The number of hydrogen-bond donors (Lipinski definition) is 1. The van der Waals surface area contributed by atoms with E-state index in [1.807, 2.05) is 11.6 Å². The first-order chi connectivity index (χ1) is 12.0. The smallest absolute Gasteiger partial charge is 0.255 e. The molecule has 2 aromatic heterocycles. The number of rotatable bonds is 6. The van der Waals surface area contributed by atoms with Gasteiger partial charge in [0.05, 0.1) is 18.4 Å². The number of amides is 1. The van der Waals surface area contributed by atoms with E-state index in [2.05, 4.69) is 34.1 Å². The van der Waals surface area contributed by atoms with E-state index in [1.165, 1.54) is 0 Å². The van der Waals surface area contributed by atoms with E-state index >= 15 is 0 Å². The summed E-state index contributed by atoms with van der Waals surface area (Å²) in [5, 5.41) is 7.45. The number of nitrogens with zero attached hydrogens (tertiary/aromatic N) is 4. The summed E-state index contributed by atoms with van der Waals surface area (Å²) >= 11 is 0. The van der Waals surface area contributed by atoms with Gasteiger partial charge in [0.1, 0.15) is 17.9 Å². The molecule has 1 amide bonds. The summed E-state index contributed by atoms with van der Waals surface area (Å²) in [5.41, 5.74) is 0.629. The molecule has 1 aliphatic rings. The summed E-state index contributed by atoms with van der Waals surface area (Å²) in [7, 11) is 0. The Kier molecular flexibility index (Phi) is 5.53. The molecule has 3 heterocycles. The SMILES string of the molecule is Cc1occc1C(=O)NC1CCN(Cc2ncnn2CC(C)C)CC1. The van der Waals surface area contributed by atoms with Gasteiger partial charge in [-0.25, -0.2) is 9.67 Å². The highest BCUT2D eigenvalue weighted by Crippen LogP contribution is 2.15. The largest absolute Gasteiger partial charge is 0.469 e. The third kappa shape index (κ3) is 4.48. The normalized spacial score (nSPS) is 16.5. The van der Waals surface area contributed by atoms with E-state index < -0.39 is 0 Å². The van der Waals surface area contributed by atoms with Crippen molar-refractivity contribution in [2.45, 2.75) is 52.7 Å². The Labute approximate surface area is 148 Å². The summed E-state index contributed by atoms with van der Waals surface area (Å²) in [6, 6.07) is 1.94. The number of aromatic nitrogens is 3. The maximum Gasteiger partial charge on any atom is 0.255 e. The van der Waals surface area contributed by atoms with E-state index in [0.29, 0.717) is 17.2 Å². The van der Waals surface area contributed by atoms with Crippen molar-refractivity contribution in [2.75, 3.05) is 13.1 Å². The molecule has 7 nitrogen and oxygen atoms in total. The fourth-order valence-electron chi connectivity index (χ4n) is 3.23. The van der Waals surface area contributed by atoms with Crippen molar-refractivity contribution in [2.24, 2.45) is 5.92 Å². The van der Waals surface area contributed by atoms with Crippen LogP contribution in [0.1, 0.15) is 48.6 Å². The van der Waals surface area contributed by atoms with Crippen LogP contribution in [0.25, 0.3) is 0 Å². The molecular weight excluding hydrogens is 318 g/mol. The van der Waals surface area contributed by atoms with Gasteiger partial charge in [-0.15, -0.1) is 0 Å². The Balaban J connectivity index is 1.48. The second-order valence-electron chi connectivity index (χ2n) is 7.17. The Hall–Kier alpha value is -2.15. The first-order valence-corrected chi connectivity index (χ1v) is 8.97. The van der Waals surface area contributed by atoms with Crippen LogP contribution >= 0.6 is 0 Å². The van der Waals surface area contributed by atoms with Crippen LogP contribution in [-0.2, 0) is 13.1 Å². The average molecular weight is 345 g/mol. The summed E-state index contributed by atoms with van der Waals surface area (Å²) in [6.45, 7) is 9.78. The van der Waals surface area contributed by atoms with Crippen molar-refractivity contribution < 1.29 is 9.21 Å². The van der Waals surface area contributed by atoms with Crippen LogP contribution in [0.3, 0.4) is 0 Å². The molecule has 1 aliphatic heterocycles. The van der Waals surface area contributed by atoms with Crippen LogP contribution in [-0.4, -0.2) is 44.7 Å². The third-order valence-electron chi connectivity index (χ3n) is 4.63. The predicted octanol–water partition coefficient (Wildman–Crippen LogP) is 2.23. The van der Waals surface area contributed by atoms with E-state index in [0.717, 1.165) is 44.8 Å². The minimum absolute atomic E-state index is 0.0404. The van der Waals surface area contributed by atoms with Gasteiger partial charge in [0, 0.05) is 25.7 Å². The molecule has 7 heteroatoms. The van der Waals surface area contributed by atoms with Gasteiger partial charge >= 0.3 is 0 Å². The molecule has 0 aromatic carbocycles. The topological polar surface area (TPSA) is 76.2 Å². The van der Waals surface area contributed by atoms with Crippen molar-refractivity contribution in [3.63, 3.8) is 0 Å². The van der Waals surface area contributed by atoms with Gasteiger partial charge in [0.15, 0.2) is 0 Å². The van der Waals surface area contributed by atoms with Crippen molar-refractivity contribution in [3.05, 3.63) is 35.8 Å². The van der Waals surface area contributed by atoms with E-state index in [4.69, 9.17) is 4.42 Å². The first kappa shape index (κ1) is 17.7. The lowest BCUT2D eigenvalue weighted by atomic mass is 10.0. The van der Waals surface area contributed by atoms with Crippen LogP contribution in [0.15, 0.2) is 23.1 Å². The van der Waals surface area contributed by atoms with Crippen LogP contribution in [0.2, 0.25) is 0 Å². The molecular formula is C18H27N5O2. The molecule has 0 radical (unpaired) electrons. The molecule has 0 bridgehead atoms. The Morgan fingerprint density at radius 3 is 2.80 bits per heavy atom. The zero-order valence-electron chi connectivity index (χ0n) is 15.2. The zero-order valence-corrected chi connectivity index (χ0v) is 15.2. The number of furan rings is 1. The predicted molar refractivity (Wildman–Crippen MR) is 94.1 cm³/mol. The van der Waals surface area contributed by atoms with Crippen LogP contribution in [0.4, 0.5) is 0 Å². The average Bonchev–Trinajstić information content (AvgIpc) is 3.18. The Morgan fingerprint density at radius 2 is 2.16 bits per heavy atom. The molecule has 0 saturated carbocycles. The van der Waals surface area contributed by atoms with Gasteiger partial charge in [-0.3, -0.25) is 9.69 Å².